The van der Waals surface area contributed by atoms with Gasteiger partial charge in [0.15, 0.2) is 0 Å². The Hall–Kier alpha value is -1.22. The minimum Gasteiger partial charge on any atom is -0.495 e. The number of para-hydroxylation sites is 2. The number of ether oxygens (including phenoxy) is 1. The molecule has 0 spiro atoms. The van der Waals surface area contributed by atoms with E-state index in [0.717, 1.165) is 23.8 Å². The topological polar surface area (TPSA) is 38.5 Å². The van der Waals surface area contributed by atoms with Gasteiger partial charge in [0, 0.05) is 19.1 Å². The van der Waals surface area contributed by atoms with Gasteiger partial charge in [0.05, 0.1) is 12.8 Å². The Morgan fingerprint density at radius 1 is 1.37 bits per heavy atom. The number of nitrogens with zero attached hydrogens (tertiary/aromatic N) is 1. The van der Waals surface area contributed by atoms with Gasteiger partial charge in [0.25, 0.3) is 0 Å². The molecule has 0 bridgehead atoms. The molecule has 0 aliphatic heterocycles. The van der Waals surface area contributed by atoms with Crippen molar-refractivity contribution in [2.24, 2.45) is 11.7 Å². The standard InChI is InChI=1S/C16H26N2O/c1-16(12-17,11-13-7-6-8-13)18(2)14-9-4-5-10-15(14)19-3/h4-5,9-10,13H,6-8,11-12,17H2,1-3H3. The van der Waals surface area contributed by atoms with Crippen molar-refractivity contribution in [1.29, 1.82) is 0 Å². The van der Waals surface area contributed by atoms with E-state index in [1.807, 2.05) is 12.1 Å². The second kappa shape index (κ2) is 5.83. The third kappa shape index (κ3) is 2.86. The quantitative estimate of drug-likeness (QED) is 0.856. The van der Waals surface area contributed by atoms with Gasteiger partial charge in [-0.2, -0.15) is 0 Å². The molecule has 1 atom stereocenters. The van der Waals surface area contributed by atoms with Crippen LogP contribution in [0.2, 0.25) is 0 Å². The zero-order chi connectivity index (χ0) is 13.9. The van der Waals surface area contributed by atoms with Crippen molar-refractivity contribution in [3.8, 4) is 5.75 Å². The third-order valence-electron chi connectivity index (χ3n) is 4.65. The molecule has 1 fully saturated rings. The first-order valence-electron chi connectivity index (χ1n) is 7.17. The number of likely N-dealkylation sites (N-methyl/N-ethyl adjacent to an activating group) is 1. The maximum absolute atomic E-state index is 6.08. The van der Waals surface area contributed by atoms with Gasteiger partial charge in [-0.3, -0.25) is 0 Å². The predicted octanol–water partition coefficient (Wildman–Crippen LogP) is 3.04. The normalized spacial score (nSPS) is 18.5. The molecular formula is C16H26N2O. The second-order valence-electron chi connectivity index (χ2n) is 5.93. The minimum absolute atomic E-state index is 0.000278. The number of anilines is 1. The third-order valence-corrected chi connectivity index (χ3v) is 4.65. The van der Waals surface area contributed by atoms with Gasteiger partial charge in [0.2, 0.25) is 0 Å². The van der Waals surface area contributed by atoms with Crippen LogP contribution in [-0.4, -0.2) is 26.2 Å². The van der Waals surface area contributed by atoms with Crippen molar-refractivity contribution >= 4 is 5.69 Å². The maximum Gasteiger partial charge on any atom is 0.142 e. The Labute approximate surface area is 116 Å². The highest BCUT2D eigenvalue weighted by Gasteiger charge is 2.34. The fraction of sp³-hybridized carbons (Fsp3) is 0.625. The largest absolute Gasteiger partial charge is 0.495 e. The van der Waals surface area contributed by atoms with E-state index < -0.39 is 0 Å². The summed E-state index contributed by atoms with van der Waals surface area (Å²) in [5.74, 6) is 1.75. The molecule has 1 saturated carbocycles. The average molecular weight is 262 g/mol. The van der Waals surface area contributed by atoms with Gasteiger partial charge in [-0.05, 0) is 31.4 Å². The van der Waals surface area contributed by atoms with Crippen LogP contribution in [0.1, 0.15) is 32.6 Å². The van der Waals surface area contributed by atoms with E-state index in [1.54, 1.807) is 7.11 Å². The lowest BCUT2D eigenvalue weighted by Crippen LogP contribution is -2.51. The van der Waals surface area contributed by atoms with Crippen molar-refractivity contribution in [1.82, 2.24) is 0 Å². The van der Waals surface area contributed by atoms with Gasteiger partial charge in [-0.1, -0.05) is 31.4 Å². The van der Waals surface area contributed by atoms with Gasteiger partial charge >= 0.3 is 0 Å². The smallest absolute Gasteiger partial charge is 0.142 e. The lowest BCUT2D eigenvalue weighted by molar-refractivity contribution is 0.232. The summed E-state index contributed by atoms with van der Waals surface area (Å²) < 4.78 is 5.47. The summed E-state index contributed by atoms with van der Waals surface area (Å²) in [6.07, 6.45) is 5.26. The van der Waals surface area contributed by atoms with Gasteiger partial charge in [0.1, 0.15) is 5.75 Å². The van der Waals surface area contributed by atoms with Crippen molar-refractivity contribution in [3.05, 3.63) is 24.3 Å². The number of rotatable bonds is 6. The number of benzene rings is 1. The molecule has 0 amide bonds. The van der Waals surface area contributed by atoms with Crippen LogP contribution < -0.4 is 15.4 Å². The Morgan fingerprint density at radius 2 is 2.05 bits per heavy atom. The molecule has 1 unspecified atom stereocenters. The fourth-order valence-electron chi connectivity index (χ4n) is 2.87. The molecular weight excluding hydrogens is 236 g/mol. The Balaban J connectivity index is 2.20. The molecule has 3 nitrogen and oxygen atoms in total. The summed E-state index contributed by atoms with van der Waals surface area (Å²) >= 11 is 0. The van der Waals surface area contributed by atoms with E-state index in [-0.39, 0.29) is 5.54 Å². The Morgan fingerprint density at radius 3 is 2.58 bits per heavy atom. The highest BCUT2D eigenvalue weighted by molar-refractivity contribution is 5.59. The molecule has 1 aromatic rings. The predicted molar refractivity (Wildman–Crippen MR) is 80.8 cm³/mol. The molecule has 1 aliphatic carbocycles. The van der Waals surface area contributed by atoms with Crippen molar-refractivity contribution in [2.75, 3.05) is 25.6 Å². The number of hydrogen-bond acceptors (Lipinski definition) is 3. The van der Waals surface area contributed by atoms with E-state index in [9.17, 15) is 0 Å². The monoisotopic (exact) mass is 262 g/mol. The zero-order valence-electron chi connectivity index (χ0n) is 12.4. The molecule has 106 valence electrons. The van der Waals surface area contributed by atoms with Gasteiger partial charge in [-0.25, -0.2) is 0 Å². The zero-order valence-corrected chi connectivity index (χ0v) is 12.4. The van der Waals surface area contributed by atoms with Crippen LogP contribution in [0.4, 0.5) is 5.69 Å². The first kappa shape index (κ1) is 14.2. The van der Waals surface area contributed by atoms with Crippen molar-refractivity contribution in [2.45, 2.75) is 38.1 Å². The van der Waals surface area contributed by atoms with Crippen LogP contribution in [0, 0.1) is 5.92 Å². The van der Waals surface area contributed by atoms with Crippen LogP contribution in [0.3, 0.4) is 0 Å². The molecule has 3 heteroatoms. The molecule has 0 heterocycles. The van der Waals surface area contributed by atoms with Crippen molar-refractivity contribution < 1.29 is 4.74 Å². The van der Waals surface area contributed by atoms with E-state index >= 15 is 0 Å². The lowest BCUT2D eigenvalue weighted by Gasteiger charge is -2.44. The Bertz CT molecular complexity index is 417. The molecule has 0 aromatic heterocycles. The first-order valence-corrected chi connectivity index (χ1v) is 7.17. The molecule has 2 N–H and O–H groups in total. The van der Waals surface area contributed by atoms with E-state index in [0.29, 0.717) is 6.54 Å². The van der Waals surface area contributed by atoms with Crippen LogP contribution in [-0.2, 0) is 0 Å². The summed E-state index contributed by atoms with van der Waals surface area (Å²) in [6, 6.07) is 8.16. The molecule has 1 aliphatic rings. The van der Waals surface area contributed by atoms with Crippen LogP contribution >= 0.6 is 0 Å². The minimum atomic E-state index is -0.000278. The number of nitrogens with two attached hydrogens (primary N) is 1. The van der Waals surface area contributed by atoms with E-state index in [1.165, 1.54) is 19.3 Å². The van der Waals surface area contributed by atoms with E-state index in [4.69, 9.17) is 10.5 Å². The number of methoxy groups -OCH3 is 1. The van der Waals surface area contributed by atoms with Crippen LogP contribution in [0.5, 0.6) is 5.75 Å². The maximum atomic E-state index is 6.08. The average Bonchev–Trinajstić information content (AvgIpc) is 2.41. The Kier molecular flexibility index (Phi) is 4.35. The molecule has 0 radical (unpaired) electrons. The highest BCUT2D eigenvalue weighted by atomic mass is 16.5. The summed E-state index contributed by atoms with van der Waals surface area (Å²) in [5.41, 5.74) is 7.20. The first-order chi connectivity index (χ1) is 9.10. The van der Waals surface area contributed by atoms with Crippen LogP contribution in [0.25, 0.3) is 0 Å². The molecule has 0 saturated heterocycles. The van der Waals surface area contributed by atoms with Gasteiger partial charge in [-0.15, -0.1) is 0 Å². The summed E-state index contributed by atoms with van der Waals surface area (Å²) in [4.78, 5) is 2.30. The highest BCUT2D eigenvalue weighted by Crippen LogP contribution is 2.39. The summed E-state index contributed by atoms with van der Waals surface area (Å²) in [6.45, 7) is 2.93. The second-order valence-corrected chi connectivity index (χ2v) is 5.93. The van der Waals surface area contributed by atoms with Gasteiger partial charge < -0.3 is 15.4 Å². The van der Waals surface area contributed by atoms with Crippen LogP contribution in [0.15, 0.2) is 24.3 Å². The fourth-order valence-corrected chi connectivity index (χ4v) is 2.87. The number of hydrogen-bond donors (Lipinski definition) is 1. The lowest BCUT2D eigenvalue weighted by atomic mass is 9.76. The summed E-state index contributed by atoms with van der Waals surface area (Å²) in [5, 5.41) is 0. The van der Waals surface area contributed by atoms with E-state index in [2.05, 4.69) is 31.0 Å². The summed E-state index contributed by atoms with van der Waals surface area (Å²) in [7, 11) is 3.85. The molecule has 19 heavy (non-hydrogen) atoms. The SMILES string of the molecule is COc1ccccc1N(C)C(C)(CN)CC1CCC1. The van der Waals surface area contributed by atoms with Crippen molar-refractivity contribution in [3.63, 3.8) is 0 Å². The molecule has 1 aromatic carbocycles. The molecule has 2 rings (SSSR count).